The Labute approximate surface area is 156 Å². The average molecular weight is 365 g/mol. The number of methoxy groups -OCH3 is 1. The van der Waals surface area contributed by atoms with E-state index in [1.165, 1.54) is 11.3 Å². The van der Waals surface area contributed by atoms with E-state index in [0.29, 0.717) is 17.2 Å². The molecule has 2 aromatic carbocycles. The zero-order valence-corrected chi connectivity index (χ0v) is 15.2. The van der Waals surface area contributed by atoms with E-state index in [-0.39, 0.29) is 11.9 Å². The van der Waals surface area contributed by atoms with Crippen LogP contribution < -0.4 is 14.8 Å². The minimum Gasteiger partial charge on any atom is -0.495 e. The van der Waals surface area contributed by atoms with Gasteiger partial charge < -0.3 is 14.8 Å². The van der Waals surface area contributed by atoms with Crippen molar-refractivity contribution in [2.24, 2.45) is 0 Å². The van der Waals surface area contributed by atoms with Gasteiger partial charge in [0.2, 0.25) is 0 Å². The molecule has 3 aromatic rings. The Balaban J connectivity index is 1.60. The second kappa shape index (κ2) is 7.22. The van der Waals surface area contributed by atoms with Crippen molar-refractivity contribution < 1.29 is 14.3 Å². The number of amides is 1. The first-order chi connectivity index (χ1) is 12.8. The molecule has 132 valence electrons. The molecule has 0 radical (unpaired) electrons. The number of hydrogen-bond acceptors (Lipinski definition) is 4. The Bertz CT molecular complexity index is 920. The number of benzene rings is 2. The Morgan fingerprint density at radius 3 is 2.73 bits per heavy atom. The minimum absolute atomic E-state index is 0.0561. The van der Waals surface area contributed by atoms with Crippen molar-refractivity contribution in [3.63, 3.8) is 0 Å². The van der Waals surface area contributed by atoms with Crippen LogP contribution >= 0.6 is 11.3 Å². The Morgan fingerprint density at radius 2 is 1.92 bits per heavy atom. The zero-order chi connectivity index (χ0) is 17.9. The lowest BCUT2D eigenvalue weighted by Crippen LogP contribution is -2.31. The maximum atomic E-state index is 12.9. The Hall–Kier alpha value is -2.79. The van der Waals surface area contributed by atoms with Crippen molar-refractivity contribution in [2.45, 2.75) is 12.5 Å². The molecule has 1 amide bonds. The highest BCUT2D eigenvalue weighted by Crippen LogP contribution is 2.37. The third kappa shape index (κ3) is 3.18. The molecule has 1 unspecified atom stereocenters. The molecule has 4 rings (SSSR count). The van der Waals surface area contributed by atoms with Gasteiger partial charge in [0, 0.05) is 16.9 Å². The number of nitrogens with one attached hydrogen (secondary N) is 1. The van der Waals surface area contributed by atoms with E-state index in [1.807, 2.05) is 60.7 Å². The van der Waals surface area contributed by atoms with Gasteiger partial charge in [0.05, 0.1) is 19.8 Å². The number of hydrogen-bond donors (Lipinski definition) is 1. The maximum Gasteiger partial charge on any atom is 0.265 e. The van der Waals surface area contributed by atoms with Gasteiger partial charge in [-0.3, -0.25) is 4.79 Å². The highest BCUT2D eigenvalue weighted by Gasteiger charge is 2.25. The number of para-hydroxylation sites is 1. The molecule has 1 atom stereocenters. The maximum absolute atomic E-state index is 12.9. The van der Waals surface area contributed by atoms with E-state index in [1.54, 1.807) is 7.11 Å². The fourth-order valence-corrected chi connectivity index (χ4v) is 4.18. The van der Waals surface area contributed by atoms with Crippen LogP contribution in [-0.4, -0.2) is 19.6 Å². The smallest absolute Gasteiger partial charge is 0.265 e. The van der Waals surface area contributed by atoms with Crippen LogP contribution in [-0.2, 0) is 0 Å². The van der Waals surface area contributed by atoms with Gasteiger partial charge in [0.1, 0.15) is 16.4 Å². The van der Waals surface area contributed by atoms with E-state index in [4.69, 9.17) is 9.47 Å². The standard InChI is InChI=1S/C21H19NO3S/c1-24-18-13-19(14-7-3-2-4-8-14)26-20(18)21(23)22-16-11-12-25-17-10-6-5-9-15(16)17/h2-10,13,16H,11-12H2,1H3,(H,22,23). The Kier molecular flexibility index (Phi) is 4.63. The van der Waals surface area contributed by atoms with E-state index in [0.717, 1.165) is 28.2 Å². The monoisotopic (exact) mass is 365 g/mol. The van der Waals surface area contributed by atoms with E-state index in [9.17, 15) is 4.79 Å². The summed E-state index contributed by atoms with van der Waals surface area (Å²) in [6, 6.07) is 19.7. The predicted octanol–water partition coefficient (Wildman–Crippen LogP) is 4.68. The lowest BCUT2D eigenvalue weighted by molar-refractivity contribution is 0.0926. The summed E-state index contributed by atoms with van der Waals surface area (Å²) >= 11 is 1.45. The molecule has 0 saturated carbocycles. The quantitative estimate of drug-likeness (QED) is 0.730. The SMILES string of the molecule is COc1cc(-c2ccccc2)sc1C(=O)NC1CCOc2ccccc21. The molecule has 0 saturated heterocycles. The summed E-state index contributed by atoms with van der Waals surface area (Å²) in [5.74, 6) is 1.33. The summed E-state index contributed by atoms with van der Waals surface area (Å²) in [7, 11) is 1.59. The Morgan fingerprint density at radius 1 is 1.15 bits per heavy atom. The van der Waals surface area contributed by atoms with Crippen molar-refractivity contribution in [3.8, 4) is 21.9 Å². The largest absolute Gasteiger partial charge is 0.495 e. The number of ether oxygens (including phenoxy) is 2. The van der Waals surface area contributed by atoms with E-state index < -0.39 is 0 Å². The van der Waals surface area contributed by atoms with Gasteiger partial charge in [0.25, 0.3) is 5.91 Å². The zero-order valence-electron chi connectivity index (χ0n) is 14.4. The number of carbonyl (C=O) groups excluding carboxylic acids is 1. The highest BCUT2D eigenvalue weighted by molar-refractivity contribution is 7.17. The first-order valence-corrected chi connectivity index (χ1v) is 9.34. The summed E-state index contributed by atoms with van der Waals surface area (Å²) in [4.78, 5) is 14.5. The van der Waals surface area contributed by atoms with Crippen LogP contribution in [0.15, 0.2) is 60.7 Å². The van der Waals surface area contributed by atoms with Crippen LogP contribution in [0.4, 0.5) is 0 Å². The number of rotatable bonds is 4. The molecule has 2 heterocycles. The molecule has 26 heavy (non-hydrogen) atoms. The van der Waals surface area contributed by atoms with E-state index in [2.05, 4.69) is 5.32 Å². The topological polar surface area (TPSA) is 47.6 Å². The molecule has 1 aromatic heterocycles. The van der Waals surface area contributed by atoms with Crippen molar-refractivity contribution in [2.75, 3.05) is 13.7 Å². The van der Waals surface area contributed by atoms with Gasteiger partial charge in [-0.05, 0) is 17.7 Å². The van der Waals surface area contributed by atoms with Crippen LogP contribution in [0.1, 0.15) is 27.7 Å². The normalized spacial score (nSPS) is 15.7. The summed E-state index contributed by atoms with van der Waals surface area (Å²) in [5, 5.41) is 3.14. The van der Waals surface area contributed by atoms with Crippen LogP contribution in [0.2, 0.25) is 0 Å². The molecular weight excluding hydrogens is 346 g/mol. The molecule has 0 fully saturated rings. The molecular formula is C21H19NO3S. The number of fused-ring (bicyclic) bond motifs is 1. The molecule has 1 N–H and O–H groups in total. The molecule has 0 aliphatic carbocycles. The fraction of sp³-hybridized carbons (Fsp3) is 0.190. The van der Waals surface area contributed by atoms with E-state index >= 15 is 0 Å². The first kappa shape index (κ1) is 16.7. The summed E-state index contributed by atoms with van der Waals surface area (Å²) in [5.41, 5.74) is 2.09. The van der Waals surface area contributed by atoms with Crippen LogP contribution in [0.5, 0.6) is 11.5 Å². The average Bonchev–Trinajstić information content (AvgIpc) is 3.14. The van der Waals surface area contributed by atoms with Crippen molar-refractivity contribution in [1.29, 1.82) is 0 Å². The van der Waals surface area contributed by atoms with Gasteiger partial charge in [-0.15, -0.1) is 11.3 Å². The number of carbonyl (C=O) groups is 1. The molecule has 0 spiro atoms. The summed E-state index contributed by atoms with van der Waals surface area (Å²) < 4.78 is 11.1. The highest BCUT2D eigenvalue weighted by atomic mass is 32.1. The first-order valence-electron chi connectivity index (χ1n) is 8.52. The lowest BCUT2D eigenvalue weighted by Gasteiger charge is -2.26. The molecule has 1 aliphatic rings. The summed E-state index contributed by atoms with van der Waals surface area (Å²) in [6.07, 6.45) is 0.752. The van der Waals surface area contributed by atoms with Crippen LogP contribution in [0, 0.1) is 0 Å². The molecule has 4 nitrogen and oxygen atoms in total. The molecule has 0 bridgehead atoms. The van der Waals surface area contributed by atoms with Crippen LogP contribution in [0.25, 0.3) is 10.4 Å². The van der Waals surface area contributed by atoms with Gasteiger partial charge in [-0.25, -0.2) is 0 Å². The minimum atomic E-state index is -0.115. The van der Waals surface area contributed by atoms with Crippen molar-refractivity contribution >= 4 is 17.2 Å². The predicted molar refractivity (Wildman–Crippen MR) is 103 cm³/mol. The van der Waals surface area contributed by atoms with Crippen molar-refractivity contribution in [3.05, 3.63) is 71.1 Å². The molecule has 1 aliphatic heterocycles. The third-order valence-corrected chi connectivity index (χ3v) is 5.61. The van der Waals surface area contributed by atoms with Crippen molar-refractivity contribution in [1.82, 2.24) is 5.32 Å². The second-order valence-corrected chi connectivity index (χ2v) is 7.13. The van der Waals surface area contributed by atoms with Gasteiger partial charge in [0.15, 0.2) is 0 Å². The molecule has 5 heteroatoms. The van der Waals surface area contributed by atoms with Crippen LogP contribution in [0.3, 0.4) is 0 Å². The lowest BCUT2D eigenvalue weighted by atomic mass is 10.0. The van der Waals surface area contributed by atoms with Gasteiger partial charge >= 0.3 is 0 Å². The van der Waals surface area contributed by atoms with Gasteiger partial charge in [-0.1, -0.05) is 48.5 Å². The third-order valence-electron chi connectivity index (χ3n) is 4.45. The fourth-order valence-electron chi connectivity index (χ4n) is 3.14. The summed E-state index contributed by atoms with van der Waals surface area (Å²) in [6.45, 7) is 0.596. The number of thiophene rings is 1. The van der Waals surface area contributed by atoms with Gasteiger partial charge in [-0.2, -0.15) is 0 Å². The second-order valence-electron chi connectivity index (χ2n) is 6.08.